The third kappa shape index (κ3) is 3.02. The standard InChI is InChI=1S/C18H23NO/c1-12(2)14-7-9-15(10-8-14)18(19)16-6-5-13(3)17(11-16)20-4/h5-12,18H,19H2,1-4H3. The molecular weight excluding hydrogens is 246 g/mol. The molecule has 2 rings (SSSR count). The van der Waals surface area contributed by atoms with E-state index in [-0.39, 0.29) is 6.04 Å². The van der Waals surface area contributed by atoms with Crippen molar-refractivity contribution in [2.75, 3.05) is 7.11 Å². The number of methoxy groups -OCH3 is 1. The molecule has 0 spiro atoms. The Morgan fingerprint density at radius 2 is 1.45 bits per heavy atom. The van der Waals surface area contributed by atoms with E-state index < -0.39 is 0 Å². The third-order valence-electron chi connectivity index (χ3n) is 3.75. The van der Waals surface area contributed by atoms with Gasteiger partial charge in [-0.15, -0.1) is 0 Å². The molecule has 2 aromatic rings. The summed E-state index contributed by atoms with van der Waals surface area (Å²) in [6.07, 6.45) is 0. The third-order valence-corrected chi connectivity index (χ3v) is 3.75. The Hall–Kier alpha value is -1.80. The Morgan fingerprint density at radius 3 is 2.00 bits per heavy atom. The molecule has 1 atom stereocenters. The van der Waals surface area contributed by atoms with Crippen molar-refractivity contribution in [3.8, 4) is 5.75 Å². The average molecular weight is 269 g/mol. The number of ether oxygens (including phenoxy) is 1. The van der Waals surface area contributed by atoms with Crippen LogP contribution < -0.4 is 10.5 Å². The van der Waals surface area contributed by atoms with Crippen LogP contribution in [0.2, 0.25) is 0 Å². The molecule has 2 N–H and O–H groups in total. The van der Waals surface area contributed by atoms with Crippen LogP contribution in [0, 0.1) is 6.92 Å². The molecule has 1 unspecified atom stereocenters. The maximum atomic E-state index is 6.36. The molecule has 0 aliphatic carbocycles. The molecule has 20 heavy (non-hydrogen) atoms. The lowest BCUT2D eigenvalue weighted by atomic mass is 9.95. The van der Waals surface area contributed by atoms with Crippen LogP contribution in [0.5, 0.6) is 5.75 Å². The van der Waals surface area contributed by atoms with Gasteiger partial charge in [-0.1, -0.05) is 50.2 Å². The summed E-state index contributed by atoms with van der Waals surface area (Å²) in [7, 11) is 1.69. The number of aryl methyl sites for hydroxylation is 1. The van der Waals surface area contributed by atoms with E-state index in [4.69, 9.17) is 10.5 Å². The Morgan fingerprint density at radius 1 is 0.900 bits per heavy atom. The van der Waals surface area contributed by atoms with E-state index in [0.717, 1.165) is 22.4 Å². The number of hydrogen-bond acceptors (Lipinski definition) is 2. The first-order valence-corrected chi connectivity index (χ1v) is 7.03. The minimum Gasteiger partial charge on any atom is -0.496 e. The molecule has 0 aromatic heterocycles. The molecule has 0 amide bonds. The first-order chi connectivity index (χ1) is 9.52. The van der Waals surface area contributed by atoms with Crippen molar-refractivity contribution in [2.45, 2.75) is 32.7 Å². The maximum absolute atomic E-state index is 6.36. The topological polar surface area (TPSA) is 35.2 Å². The highest BCUT2D eigenvalue weighted by Crippen LogP contribution is 2.26. The predicted octanol–water partition coefficient (Wildman–Crippen LogP) is 4.18. The molecule has 2 nitrogen and oxygen atoms in total. The van der Waals surface area contributed by atoms with Gasteiger partial charge in [0.1, 0.15) is 5.75 Å². The Kier molecular flexibility index (Phi) is 4.46. The van der Waals surface area contributed by atoms with Crippen molar-refractivity contribution in [3.63, 3.8) is 0 Å². The summed E-state index contributed by atoms with van der Waals surface area (Å²) in [6.45, 7) is 6.42. The molecule has 0 saturated carbocycles. The number of rotatable bonds is 4. The summed E-state index contributed by atoms with van der Waals surface area (Å²) in [6, 6.07) is 14.6. The molecule has 2 aromatic carbocycles. The Labute approximate surface area is 121 Å². The van der Waals surface area contributed by atoms with Crippen LogP contribution >= 0.6 is 0 Å². The lowest BCUT2D eigenvalue weighted by Crippen LogP contribution is -2.12. The van der Waals surface area contributed by atoms with E-state index in [9.17, 15) is 0 Å². The zero-order chi connectivity index (χ0) is 14.7. The van der Waals surface area contributed by atoms with E-state index in [1.165, 1.54) is 5.56 Å². The molecule has 0 radical (unpaired) electrons. The quantitative estimate of drug-likeness (QED) is 0.904. The second-order valence-corrected chi connectivity index (χ2v) is 5.53. The number of hydrogen-bond donors (Lipinski definition) is 1. The van der Waals surface area contributed by atoms with Gasteiger partial charge in [0, 0.05) is 0 Å². The first-order valence-electron chi connectivity index (χ1n) is 7.03. The summed E-state index contributed by atoms with van der Waals surface area (Å²) >= 11 is 0. The Bertz CT molecular complexity index is 572. The van der Waals surface area contributed by atoms with Gasteiger partial charge in [0.25, 0.3) is 0 Å². The van der Waals surface area contributed by atoms with Gasteiger partial charge in [-0.05, 0) is 41.2 Å². The highest BCUT2D eigenvalue weighted by molar-refractivity contribution is 5.41. The molecular formula is C18H23NO. The minimum atomic E-state index is -0.120. The van der Waals surface area contributed by atoms with Gasteiger partial charge in [0.2, 0.25) is 0 Å². The molecule has 0 saturated heterocycles. The largest absolute Gasteiger partial charge is 0.496 e. The number of benzene rings is 2. The van der Waals surface area contributed by atoms with E-state index >= 15 is 0 Å². The average Bonchev–Trinajstić information content (AvgIpc) is 2.47. The Balaban J connectivity index is 2.28. The van der Waals surface area contributed by atoms with Crippen molar-refractivity contribution >= 4 is 0 Å². The van der Waals surface area contributed by atoms with Gasteiger partial charge in [0.15, 0.2) is 0 Å². The maximum Gasteiger partial charge on any atom is 0.122 e. The van der Waals surface area contributed by atoms with E-state index in [1.807, 2.05) is 13.0 Å². The van der Waals surface area contributed by atoms with Gasteiger partial charge in [-0.25, -0.2) is 0 Å². The number of nitrogens with two attached hydrogens (primary N) is 1. The molecule has 0 fully saturated rings. The second kappa shape index (κ2) is 6.10. The fraction of sp³-hybridized carbons (Fsp3) is 0.333. The molecule has 106 valence electrons. The summed E-state index contributed by atoms with van der Waals surface area (Å²) in [5.41, 5.74) is 11.0. The van der Waals surface area contributed by atoms with Crippen molar-refractivity contribution < 1.29 is 4.74 Å². The predicted molar refractivity (Wildman–Crippen MR) is 84.3 cm³/mol. The van der Waals surface area contributed by atoms with E-state index in [1.54, 1.807) is 7.11 Å². The fourth-order valence-corrected chi connectivity index (χ4v) is 2.31. The van der Waals surface area contributed by atoms with Crippen molar-refractivity contribution in [2.24, 2.45) is 5.73 Å². The first kappa shape index (κ1) is 14.6. The fourth-order valence-electron chi connectivity index (χ4n) is 2.31. The van der Waals surface area contributed by atoms with Crippen LogP contribution in [-0.2, 0) is 0 Å². The zero-order valence-electron chi connectivity index (χ0n) is 12.7. The van der Waals surface area contributed by atoms with Crippen LogP contribution in [-0.4, -0.2) is 7.11 Å². The van der Waals surface area contributed by atoms with Gasteiger partial charge in [-0.2, -0.15) is 0 Å². The highest BCUT2D eigenvalue weighted by Gasteiger charge is 2.11. The normalized spacial score (nSPS) is 12.5. The van der Waals surface area contributed by atoms with Gasteiger partial charge in [-0.3, -0.25) is 0 Å². The summed E-state index contributed by atoms with van der Waals surface area (Å²) in [5, 5.41) is 0. The van der Waals surface area contributed by atoms with Crippen molar-refractivity contribution in [1.29, 1.82) is 0 Å². The van der Waals surface area contributed by atoms with E-state index in [0.29, 0.717) is 5.92 Å². The lowest BCUT2D eigenvalue weighted by Gasteiger charge is -2.16. The van der Waals surface area contributed by atoms with Crippen LogP contribution in [0.3, 0.4) is 0 Å². The monoisotopic (exact) mass is 269 g/mol. The van der Waals surface area contributed by atoms with Crippen LogP contribution in [0.25, 0.3) is 0 Å². The van der Waals surface area contributed by atoms with Crippen molar-refractivity contribution in [3.05, 3.63) is 64.7 Å². The molecule has 0 aliphatic rings. The van der Waals surface area contributed by atoms with Gasteiger partial charge < -0.3 is 10.5 Å². The molecule has 0 aliphatic heterocycles. The van der Waals surface area contributed by atoms with Gasteiger partial charge in [0.05, 0.1) is 13.2 Å². The van der Waals surface area contributed by atoms with Gasteiger partial charge >= 0.3 is 0 Å². The van der Waals surface area contributed by atoms with Crippen LogP contribution in [0.4, 0.5) is 0 Å². The SMILES string of the molecule is COc1cc(C(N)c2ccc(C(C)C)cc2)ccc1C. The molecule has 2 heteroatoms. The summed E-state index contributed by atoms with van der Waals surface area (Å²) in [5.74, 6) is 1.43. The van der Waals surface area contributed by atoms with Crippen LogP contribution in [0.1, 0.15) is 48.1 Å². The zero-order valence-corrected chi connectivity index (χ0v) is 12.7. The van der Waals surface area contributed by atoms with E-state index in [2.05, 4.69) is 50.2 Å². The summed E-state index contributed by atoms with van der Waals surface area (Å²) < 4.78 is 5.37. The highest BCUT2D eigenvalue weighted by atomic mass is 16.5. The van der Waals surface area contributed by atoms with Crippen LogP contribution in [0.15, 0.2) is 42.5 Å². The van der Waals surface area contributed by atoms with Crippen molar-refractivity contribution in [1.82, 2.24) is 0 Å². The molecule has 0 bridgehead atoms. The molecule has 0 heterocycles. The minimum absolute atomic E-state index is 0.120. The second-order valence-electron chi connectivity index (χ2n) is 5.53. The smallest absolute Gasteiger partial charge is 0.122 e. The summed E-state index contributed by atoms with van der Waals surface area (Å²) in [4.78, 5) is 0. The lowest BCUT2D eigenvalue weighted by molar-refractivity contribution is 0.411.